The van der Waals surface area contributed by atoms with Crippen LogP contribution in [0.4, 0.5) is 5.69 Å². The Morgan fingerprint density at radius 3 is 2.44 bits per heavy atom. The average Bonchev–Trinajstić information content (AvgIpc) is 3.13. The van der Waals surface area contributed by atoms with Crippen LogP contribution in [0.5, 0.6) is 0 Å². The Morgan fingerprint density at radius 1 is 1.22 bits per heavy atom. The molecule has 96 valence electrons. The van der Waals surface area contributed by atoms with Gasteiger partial charge in [0.05, 0.1) is 0 Å². The lowest BCUT2D eigenvalue weighted by atomic mass is 10.1. The predicted molar refractivity (Wildman–Crippen MR) is 70.7 cm³/mol. The van der Waals surface area contributed by atoms with Crippen LogP contribution in [0.3, 0.4) is 0 Å². The molecule has 1 saturated carbocycles. The third-order valence-electron chi connectivity index (χ3n) is 2.92. The van der Waals surface area contributed by atoms with Crippen LogP contribution in [0.1, 0.15) is 36.5 Å². The van der Waals surface area contributed by atoms with Crippen molar-refractivity contribution in [2.45, 2.75) is 32.2 Å². The van der Waals surface area contributed by atoms with Crippen molar-refractivity contribution >= 4 is 17.4 Å². The zero-order valence-electron chi connectivity index (χ0n) is 10.5. The van der Waals surface area contributed by atoms with Gasteiger partial charge in [-0.25, -0.2) is 0 Å². The predicted octanol–water partition coefficient (Wildman–Crippen LogP) is 1.97. The van der Waals surface area contributed by atoms with Crippen LogP contribution < -0.4 is 10.6 Å². The number of ketones is 1. The largest absolute Gasteiger partial charge is 0.385 e. The van der Waals surface area contributed by atoms with E-state index < -0.39 is 0 Å². The second-order valence-electron chi connectivity index (χ2n) is 4.65. The Kier molecular flexibility index (Phi) is 3.97. The Labute approximate surface area is 107 Å². The molecular weight excluding hydrogens is 228 g/mol. The number of carbonyl (C=O) groups is 2. The molecule has 0 bridgehead atoms. The first-order valence-corrected chi connectivity index (χ1v) is 6.29. The Bertz CT molecular complexity index is 436. The van der Waals surface area contributed by atoms with Crippen LogP contribution in [0.25, 0.3) is 0 Å². The quantitative estimate of drug-likeness (QED) is 0.754. The summed E-state index contributed by atoms with van der Waals surface area (Å²) in [5.74, 6) is 0.163. The number of hydrogen-bond acceptors (Lipinski definition) is 3. The molecule has 0 saturated heterocycles. The van der Waals surface area contributed by atoms with Crippen molar-refractivity contribution in [2.75, 3.05) is 11.9 Å². The number of Topliss-reactive ketones (excluding diaryl/α,β-unsaturated/α-hetero) is 1. The number of nitrogens with one attached hydrogen (secondary N) is 2. The molecular formula is C14H18N2O2. The van der Waals surface area contributed by atoms with Crippen molar-refractivity contribution in [1.29, 1.82) is 0 Å². The second-order valence-corrected chi connectivity index (χ2v) is 4.65. The van der Waals surface area contributed by atoms with Gasteiger partial charge in [-0.15, -0.1) is 0 Å². The molecule has 0 aromatic heterocycles. The van der Waals surface area contributed by atoms with Gasteiger partial charge >= 0.3 is 0 Å². The maximum absolute atomic E-state index is 11.4. The number of rotatable bonds is 6. The van der Waals surface area contributed by atoms with Gasteiger partial charge in [-0.3, -0.25) is 9.59 Å². The van der Waals surface area contributed by atoms with E-state index in [4.69, 9.17) is 0 Å². The molecule has 2 N–H and O–H groups in total. The molecule has 0 spiro atoms. The van der Waals surface area contributed by atoms with Crippen molar-refractivity contribution in [3.63, 3.8) is 0 Å². The highest BCUT2D eigenvalue weighted by Gasteiger charge is 2.22. The van der Waals surface area contributed by atoms with Gasteiger partial charge in [0.25, 0.3) is 0 Å². The summed E-state index contributed by atoms with van der Waals surface area (Å²) in [7, 11) is 0. The standard InChI is InChI=1S/C14H18N2O2/c1-10(17)11-2-4-12(5-3-11)15-9-8-14(18)16-13-6-7-13/h2-5,13,15H,6-9H2,1H3,(H,16,18). The normalized spacial score (nSPS) is 14.1. The third-order valence-corrected chi connectivity index (χ3v) is 2.92. The lowest BCUT2D eigenvalue weighted by Crippen LogP contribution is -2.27. The van der Waals surface area contributed by atoms with Crippen molar-refractivity contribution < 1.29 is 9.59 Å². The maximum Gasteiger partial charge on any atom is 0.221 e. The fourth-order valence-corrected chi connectivity index (χ4v) is 1.67. The summed E-state index contributed by atoms with van der Waals surface area (Å²) in [5, 5.41) is 6.10. The van der Waals surface area contributed by atoms with E-state index in [1.807, 2.05) is 12.1 Å². The van der Waals surface area contributed by atoms with E-state index >= 15 is 0 Å². The Morgan fingerprint density at radius 2 is 1.89 bits per heavy atom. The highest BCUT2D eigenvalue weighted by Crippen LogP contribution is 2.18. The van der Waals surface area contributed by atoms with E-state index in [0.717, 1.165) is 18.5 Å². The summed E-state index contributed by atoms with van der Waals surface area (Å²) < 4.78 is 0. The minimum absolute atomic E-state index is 0.0605. The molecule has 1 aromatic carbocycles. The van der Waals surface area contributed by atoms with Crippen molar-refractivity contribution in [1.82, 2.24) is 5.32 Å². The zero-order chi connectivity index (χ0) is 13.0. The number of amides is 1. The molecule has 2 rings (SSSR count). The first-order chi connectivity index (χ1) is 8.65. The highest BCUT2D eigenvalue weighted by molar-refractivity contribution is 5.94. The van der Waals surface area contributed by atoms with E-state index in [-0.39, 0.29) is 11.7 Å². The van der Waals surface area contributed by atoms with Gasteiger partial charge in [-0.05, 0) is 44.0 Å². The average molecular weight is 246 g/mol. The summed E-state index contributed by atoms with van der Waals surface area (Å²) in [4.78, 5) is 22.5. The maximum atomic E-state index is 11.4. The van der Waals surface area contributed by atoms with Crippen LogP contribution in [0, 0.1) is 0 Å². The molecule has 4 nitrogen and oxygen atoms in total. The van der Waals surface area contributed by atoms with Crippen LogP contribution >= 0.6 is 0 Å². The lowest BCUT2D eigenvalue weighted by Gasteiger charge is -2.07. The van der Waals surface area contributed by atoms with Crippen LogP contribution in [-0.4, -0.2) is 24.3 Å². The molecule has 4 heteroatoms. The number of hydrogen-bond donors (Lipinski definition) is 2. The van der Waals surface area contributed by atoms with E-state index in [1.165, 1.54) is 0 Å². The molecule has 1 aromatic rings. The van der Waals surface area contributed by atoms with Gasteiger partial charge in [0.15, 0.2) is 5.78 Å². The fourth-order valence-electron chi connectivity index (χ4n) is 1.67. The Hall–Kier alpha value is -1.84. The smallest absolute Gasteiger partial charge is 0.221 e. The second kappa shape index (κ2) is 5.67. The lowest BCUT2D eigenvalue weighted by molar-refractivity contribution is -0.120. The van der Waals surface area contributed by atoms with Gasteiger partial charge in [-0.2, -0.15) is 0 Å². The minimum atomic E-state index is 0.0605. The molecule has 1 aliphatic carbocycles. The first kappa shape index (κ1) is 12.6. The number of benzene rings is 1. The molecule has 1 fully saturated rings. The van der Waals surface area contributed by atoms with Gasteiger partial charge in [0.1, 0.15) is 0 Å². The molecule has 1 aliphatic rings. The van der Waals surface area contributed by atoms with Crippen LogP contribution in [0.15, 0.2) is 24.3 Å². The molecule has 0 radical (unpaired) electrons. The topological polar surface area (TPSA) is 58.2 Å². The van der Waals surface area contributed by atoms with Gasteiger partial charge in [0, 0.05) is 30.3 Å². The van der Waals surface area contributed by atoms with Crippen LogP contribution in [0.2, 0.25) is 0 Å². The van der Waals surface area contributed by atoms with Gasteiger partial charge in [-0.1, -0.05) is 0 Å². The van der Waals surface area contributed by atoms with Crippen molar-refractivity contribution in [3.05, 3.63) is 29.8 Å². The summed E-state index contributed by atoms with van der Waals surface area (Å²) in [6, 6.07) is 7.71. The first-order valence-electron chi connectivity index (χ1n) is 6.29. The number of carbonyl (C=O) groups excluding carboxylic acids is 2. The Balaban J connectivity index is 1.72. The van der Waals surface area contributed by atoms with Gasteiger partial charge in [0.2, 0.25) is 5.91 Å². The van der Waals surface area contributed by atoms with E-state index in [9.17, 15) is 9.59 Å². The van der Waals surface area contributed by atoms with Crippen molar-refractivity contribution in [2.24, 2.45) is 0 Å². The minimum Gasteiger partial charge on any atom is -0.385 e. The SMILES string of the molecule is CC(=O)c1ccc(NCCC(=O)NC2CC2)cc1. The van der Waals surface area contributed by atoms with E-state index in [0.29, 0.717) is 24.6 Å². The van der Waals surface area contributed by atoms with Crippen LogP contribution in [-0.2, 0) is 4.79 Å². The molecule has 0 aliphatic heterocycles. The molecule has 18 heavy (non-hydrogen) atoms. The third kappa shape index (κ3) is 3.87. The number of anilines is 1. The fraction of sp³-hybridized carbons (Fsp3) is 0.429. The summed E-state index contributed by atoms with van der Waals surface area (Å²) in [6.07, 6.45) is 2.71. The molecule has 0 unspecified atom stereocenters. The summed E-state index contributed by atoms with van der Waals surface area (Å²) >= 11 is 0. The highest BCUT2D eigenvalue weighted by atomic mass is 16.1. The summed E-state index contributed by atoms with van der Waals surface area (Å²) in [6.45, 7) is 2.16. The molecule has 0 heterocycles. The summed E-state index contributed by atoms with van der Waals surface area (Å²) in [5.41, 5.74) is 1.63. The molecule has 1 amide bonds. The van der Waals surface area contributed by atoms with Gasteiger partial charge < -0.3 is 10.6 Å². The van der Waals surface area contributed by atoms with E-state index in [2.05, 4.69) is 10.6 Å². The zero-order valence-corrected chi connectivity index (χ0v) is 10.5. The van der Waals surface area contributed by atoms with Crippen molar-refractivity contribution in [3.8, 4) is 0 Å². The molecule has 0 atom stereocenters. The van der Waals surface area contributed by atoms with E-state index in [1.54, 1.807) is 19.1 Å². The monoisotopic (exact) mass is 246 g/mol.